The molecule has 5 nitrogen and oxygen atoms in total. The van der Waals surface area contributed by atoms with Crippen molar-refractivity contribution in [3.8, 4) is 10.6 Å². The number of piperidine rings is 2. The van der Waals surface area contributed by atoms with Crippen molar-refractivity contribution in [2.45, 2.75) is 50.2 Å². The van der Waals surface area contributed by atoms with Crippen LogP contribution in [0.15, 0.2) is 28.3 Å². The van der Waals surface area contributed by atoms with Gasteiger partial charge in [0.1, 0.15) is 0 Å². The van der Waals surface area contributed by atoms with Gasteiger partial charge in [-0.25, -0.2) is 4.98 Å². The summed E-state index contributed by atoms with van der Waals surface area (Å²) in [6.07, 6.45) is 7.21. The minimum Gasteiger partial charge on any atom is -0.442 e. The first kappa shape index (κ1) is 14.9. The summed E-state index contributed by atoms with van der Waals surface area (Å²) in [7, 11) is 2.22. The molecule has 2 bridgehead atoms. The van der Waals surface area contributed by atoms with E-state index in [1.807, 2.05) is 17.5 Å². The fourth-order valence-corrected chi connectivity index (χ4v) is 4.69. The Labute approximate surface area is 139 Å². The van der Waals surface area contributed by atoms with E-state index >= 15 is 0 Å². The second kappa shape index (κ2) is 6.09. The Morgan fingerprint density at radius 1 is 1.39 bits per heavy atom. The Balaban J connectivity index is 1.48. The maximum atomic E-state index is 12.6. The molecule has 0 radical (unpaired) electrons. The van der Waals surface area contributed by atoms with Gasteiger partial charge in [-0.05, 0) is 44.2 Å². The van der Waals surface area contributed by atoms with E-state index in [2.05, 4.69) is 22.2 Å². The lowest BCUT2D eigenvalue weighted by Crippen LogP contribution is -2.55. The number of hydrogen-bond acceptors (Lipinski definition) is 5. The van der Waals surface area contributed by atoms with Gasteiger partial charge in [-0.2, -0.15) is 0 Å². The zero-order chi connectivity index (χ0) is 15.8. The molecule has 1 amide bonds. The molecule has 2 saturated heterocycles. The van der Waals surface area contributed by atoms with Crippen molar-refractivity contribution < 1.29 is 9.21 Å². The van der Waals surface area contributed by atoms with E-state index in [-0.39, 0.29) is 11.9 Å². The molecule has 2 aromatic rings. The fraction of sp³-hybridized carbons (Fsp3) is 0.529. The number of oxazole rings is 1. The predicted octanol–water partition coefficient (Wildman–Crippen LogP) is 3.15. The van der Waals surface area contributed by atoms with Gasteiger partial charge >= 0.3 is 0 Å². The first-order valence-electron chi connectivity index (χ1n) is 8.22. The number of hydrogen-bond donors (Lipinski definition) is 1. The summed E-state index contributed by atoms with van der Waals surface area (Å²) in [5, 5.41) is 5.16. The van der Waals surface area contributed by atoms with E-state index in [4.69, 9.17) is 4.42 Å². The van der Waals surface area contributed by atoms with Crippen LogP contribution in [0.4, 0.5) is 0 Å². The third-order valence-corrected chi connectivity index (χ3v) is 6.07. The van der Waals surface area contributed by atoms with Crippen molar-refractivity contribution in [2.24, 2.45) is 0 Å². The molecule has 6 heteroatoms. The average Bonchev–Trinajstić information content (AvgIpc) is 3.18. The normalized spacial score (nSPS) is 27.8. The van der Waals surface area contributed by atoms with Crippen LogP contribution in [0.1, 0.15) is 42.6 Å². The van der Waals surface area contributed by atoms with Gasteiger partial charge in [0.15, 0.2) is 17.8 Å². The monoisotopic (exact) mass is 331 g/mol. The minimum absolute atomic E-state index is 0.116. The van der Waals surface area contributed by atoms with E-state index in [1.54, 1.807) is 11.3 Å². The van der Waals surface area contributed by atoms with Crippen LogP contribution in [0, 0.1) is 0 Å². The van der Waals surface area contributed by atoms with Crippen LogP contribution < -0.4 is 5.32 Å². The molecule has 0 spiro atoms. The highest BCUT2D eigenvalue weighted by atomic mass is 32.1. The van der Waals surface area contributed by atoms with E-state index in [9.17, 15) is 4.79 Å². The van der Waals surface area contributed by atoms with Crippen molar-refractivity contribution >= 4 is 17.2 Å². The number of thiophene rings is 1. The van der Waals surface area contributed by atoms with Gasteiger partial charge in [0.2, 0.25) is 0 Å². The smallest absolute Gasteiger partial charge is 0.274 e. The van der Waals surface area contributed by atoms with Gasteiger partial charge in [-0.3, -0.25) is 4.79 Å². The molecule has 4 heterocycles. The van der Waals surface area contributed by atoms with Crippen molar-refractivity contribution in [1.29, 1.82) is 0 Å². The van der Waals surface area contributed by atoms with Crippen LogP contribution in [0.3, 0.4) is 0 Å². The van der Waals surface area contributed by atoms with Crippen LogP contribution in [0.25, 0.3) is 10.6 Å². The average molecular weight is 331 g/mol. The van der Waals surface area contributed by atoms with Gasteiger partial charge in [-0.1, -0.05) is 12.5 Å². The largest absolute Gasteiger partial charge is 0.442 e. The quantitative estimate of drug-likeness (QED) is 0.939. The van der Waals surface area contributed by atoms with Crippen LogP contribution in [-0.2, 0) is 0 Å². The number of fused-ring (bicyclic) bond motifs is 2. The Kier molecular flexibility index (Phi) is 3.95. The molecule has 122 valence electrons. The molecule has 0 saturated carbocycles. The highest BCUT2D eigenvalue weighted by Gasteiger charge is 2.37. The molecule has 23 heavy (non-hydrogen) atoms. The minimum atomic E-state index is -0.116. The molecule has 4 rings (SSSR count). The fourth-order valence-electron chi connectivity index (χ4n) is 3.98. The third kappa shape index (κ3) is 2.81. The van der Waals surface area contributed by atoms with Crippen LogP contribution in [-0.4, -0.2) is 41.0 Å². The summed E-state index contributed by atoms with van der Waals surface area (Å²) in [6, 6.07) is 5.33. The van der Waals surface area contributed by atoms with Gasteiger partial charge in [0, 0.05) is 18.1 Å². The van der Waals surface area contributed by atoms with E-state index < -0.39 is 0 Å². The maximum absolute atomic E-state index is 12.6. The Bertz CT molecular complexity index is 668. The predicted molar refractivity (Wildman–Crippen MR) is 89.5 cm³/mol. The van der Waals surface area contributed by atoms with Crippen LogP contribution >= 0.6 is 11.3 Å². The molecular weight excluding hydrogens is 310 g/mol. The van der Waals surface area contributed by atoms with Crippen molar-refractivity contribution in [3.05, 3.63) is 29.6 Å². The van der Waals surface area contributed by atoms with E-state index in [1.165, 1.54) is 25.7 Å². The highest BCUT2D eigenvalue weighted by molar-refractivity contribution is 7.13. The number of rotatable bonds is 3. The second-order valence-corrected chi connectivity index (χ2v) is 7.50. The number of nitrogens with zero attached hydrogens (tertiary/aromatic N) is 2. The summed E-state index contributed by atoms with van der Waals surface area (Å²) < 4.78 is 5.44. The first-order chi connectivity index (χ1) is 11.2. The summed E-state index contributed by atoms with van der Waals surface area (Å²) in [6.45, 7) is 0. The standard InChI is InChI=1S/C17H21N3O2S/c1-20-12-4-2-5-13(20)9-11(8-12)19-17(21)15-16(22-10-18-15)14-6-3-7-23-14/h3,6-7,10-13H,2,4-5,8-9H2,1H3,(H,19,21). The van der Waals surface area contributed by atoms with Crippen molar-refractivity contribution in [1.82, 2.24) is 15.2 Å². The van der Waals surface area contributed by atoms with Gasteiger partial charge in [0.05, 0.1) is 4.88 Å². The van der Waals surface area contributed by atoms with Crippen LogP contribution in [0.5, 0.6) is 0 Å². The first-order valence-corrected chi connectivity index (χ1v) is 9.10. The summed E-state index contributed by atoms with van der Waals surface area (Å²) in [4.78, 5) is 20.2. The van der Waals surface area contributed by atoms with Crippen LogP contribution in [0.2, 0.25) is 0 Å². The highest BCUT2D eigenvalue weighted by Crippen LogP contribution is 2.33. The molecule has 2 atom stereocenters. The Morgan fingerprint density at radius 3 is 2.87 bits per heavy atom. The lowest BCUT2D eigenvalue weighted by molar-refractivity contribution is 0.0462. The zero-order valence-corrected chi connectivity index (χ0v) is 14.0. The Hall–Kier alpha value is -1.66. The topological polar surface area (TPSA) is 58.4 Å². The third-order valence-electron chi connectivity index (χ3n) is 5.20. The number of carbonyl (C=O) groups is 1. The van der Waals surface area contributed by atoms with E-state index in [0.717, 1.165) is 17.7 Å². The molecule has 2 aromatic heterocycles. The number of carbonyl (C=O) groups excluding carboxylic acids is 1. The Morgan fingerprint density at radius 2 is 2.17 bits per heavy atom. The maximum Gasteiger partial charge on any atom is 0.274 e. The molecule has 0 aromatic carbocycles. The number of aromatic nitrogens is 1. The number of amides is 1. The van der Waals surface area contributed by atoms with Gasteiger partial charge in [0.25, 0.3) is 5.91 Å². The molecule has 2 unspecified atom stereocenters. The molecule has 2 fully saturated rings. The molecular formula is C17H21N3O2S. The lowest BCUT2D eigenvalue weighted by atomic mass is 9.82. The second-order valence-electron chi connectivity index (χ2n) is 6.55. The molecule has 2 aliphatic heterocycles. The van der Waals surface area contributed by atoms with Crippen molar-refractivity contribution in [3.63, 3.8) is 0 Å². The SMILES string of the molecule is CN1C2CCCC1CC(NC(=O)c1ncoc1-c1cccs1)C2. The number of nitrogens with one attached hydrogen (secondary N) is 1. The summed E-state index contributed by atoms with van der Waals surface area (Å²) in [5.41, 5.74) is 0.400. The van der Waals surface area contributed by atoms with Gasteiger partial charge < -0.3 is 14.6 Å². The molecule has 0 aliphatic carbocycles. The van der Waals surface area contributed by atoms with E-state index in [0.29, 0.717) is 23.5 Å². The molecule has 1 N–H and O–H groups in total. The lowest BCUT2D eigenvalue weighted by Gasteiger charge is -2.47. The zero-order valence-electron chi connectivity index (χ0n) is 13.2. The van der Waals surface area contributed by atoms with Crippen molar-refractivity contribution in [2.75, 3.05) is 7.05 Å². The molecule has 2 aliphatic rings. The summed E-state index contributed by atoms with van der Waals surface area (Å²) in [5.74, 6) is 0.459. The van der Waals surface area contributed by atoms with Gasteiger partial charge in [-0.15, -0.1) is 11.3 Å². The summed E-state index contributed by atoms with van der Waals surface area (Å²) >= 11 is 1.55.